The summed E-state index contributed by atoms with van der Waals surface area (Å²) in [6, 6.07) is 0. The van der Waals surface area contributed by atoms with E-state index in [1.807, 2.05) is 13.0 Å². The van der Waals surface area contributed by atoms with Crippen LogP contribution < -0.4 is 0 Å². The van der Waals surface area contributed by atoms with E-state index < -0.39 is 0 Å². The van der Waals surface area contributed by atoms with Gasteiger partial charge in [-0.3, -0.25) is 4.79 Å². The van der Waals surface area contributed by atoms with Crippen molar-refractivity contribution in [1.29, 1.82) is 0 Å². The molecule has 0 N–H and O–H groups in total. The SMILES string of the molecule is C#CCC1C(N2CCCC2)=C(C)C(=O)C1CC=C. The van der Waals surface area contributed by atoms with Crippen LogP contribution in [0.3, 0.4) is 0 Å². The van der Waals surface area contributed by atoms with E-state index in [9.17, 15) is 4.79 Å². The van der Waals surface area contributed by atoms with Gasteiger partial charge in [0.05, 0.1) is 0 Å². The molecule has 2 heteroatoms. The van der Waals surface area contributed by atoms with Crippen LogP contribution in [0.4, 0.5) is 0 Å². The molecule has 2 unspecified atom stereocenters. The minimum Gasteiger partial charge on any atom is -0.374 e. The number of likely N-dealkylation sites (tertiary alicyclic amines) is 1. The summed E-state index contributed by atoms with van der Waals surface area (Å²) in [7, 11) is 0. The lowest BCUT2D eigenvalue weighted by molar-refractivity contribution is -0.119. The second-order valence-corrected chi connectivity index (χ2v) is 5.21. The molecule has 18 heavy (non-hydrogen) atoms. The third kappa shape index (κ3) is 2.10. The lowest BCUT2D eigenvalue weighted by Crippen LogP contribution is -2.25. The van der Waals surface area contributed by atoms with Gasteiger partial charge in [0.25, 0.3) is 0 Å². The topological polar surface area (TPSA) is 20.3 Å². The van der Waals surface area contributed by atoms with Gasteiger partial charge in [-0.15, -0.1) is 18.9 Å². The largest absolute Gasteiger partial charge is 0.374 e. The van der Waals surface area contributed by atoms with Crippen LogP contribution in [-0.2, 0) is 4.79 Å². The van der Waals surface area contributed by atoms with Gasteiger partial charge in [0.1, 0.15) is 0 Å². The maximum atomic E-state index is 12.3. The third-order valence-electron chi connectivity index (χ3n) is 4.13. The highest BCUT2D eigenvalue weighted by Crippen LogP contribution is 2.41. The summed E-state index contributed by atoms with van der Waals surface area (Å²) in [6.45, 7) is 7.87. The highest BCUT2D eigenvalue weighted by atomic mass is 16.1. The number of hydrogen-bond donors (Lipinski definition) is 0. The molecular weight excluding hydrogens is 222 g/mol. The van der Waals surface area contributed by atoms with Crippen molar-refractivity contribution in [1.82, 2.24) is 4.90 Å². The predicted octanol–water partition coefficient (Wildman–Crippen LogP) is 2.77. The molecule has 2 aliphatic rings. The molecule has 1 saturated heterocycles. The number of allylic oxidation sites excluding steroid dienone is 3. The Labute approximate surface area is 110 Å². The number of nitrogens with zero attached hydrogens (tertiary/aromatic N) is 1. The van der Waals surface area contributed by atoms with Gasteiger partial charge in [0.15, 0.2) is 5.78 Å². The van der Waals surface area contributed by atoms with E-state index in [1.54, 1.807) is 0 Å². The van der Waals surface area contributed by atoms with Crippen LogP contribution in [0, 0.1) is 24.2 Å². The fraction of sp³-hybridized carbons (Fsp3) is 0.562. The highest BCUT2D eigenvalue weighted by molar-refractivity contribution is 6.00. The number of ketones is 1. The van der Waals surface area contributed by atoms with Crippen LogP contribution in [0.15, 0.2) is 23.9 Å². The van der Waals surface area contributed by atoms with Crippen molar-refractivity contribution in [2.75, 3.05) is 13.1 Å². The summed E-state index contributed by atoms with van der Waals surface area (Å²) in [5, 5.41) is 0. The van der Waals surface area contributed by atoms with Crippen LogP contribution in [0.25, 0.3) is 0 Å². The number of hydrogen-bond acceptors (Lipinski definition) is 2. The first kappa shape index (κ1) is 13.0. The normalized spacial score (nSPS) is 27.8. The van der Waals surface area contributed by atoms with Crippen LogP contribution in [0.1, 0.15) is 32.6 Å². The molecule has 0 aromatic carbocycles. The molecule has 1 aliphatic carbocycles. The Morgan fingerprint density at radius 1 is 1.44 bits per heavy atom. The Hall–Kier alpha value is -1.49. The second kappa shape index (κ2) is 5.44. The van der Waals surface area contributed by atoms with E-state index >= 15 is 0 Å². The van der Waals surface area contributed by atoms with Crippen molar-refractivity contribution < 1.29 is 4.79 Å². The Morgan fingerprint density at radius 3 is 2.67 bits per heavy atom. The van der Waals surface area contributed by atoms with Gasteiger partial charge in [-0.1, -0.05) is 6.08 Å². The number of Topliss-reactive ketones (excluding diaryl/α,β-unsaturated/α-hetero) is 1. The molecular formula is C16H21NO. The maximum absolute atomic E-state index is 12.3. The fourth-order valence-electron chi connectivity index (χ4n) is 3.30. The average molecular weight is 243 g/mol. The Bertz CT molecular complexity index is 421. The van der Waals surface area contributed by atoms with Crippen LogP contribution in [0.2, 0.25) is 0 Å². The quantitative estimate of drug-likeness (QED) is 0.559. The van der Waals surface area contributed by atoms with E-state index in [-0.39, 0.29) is 17.6 Å². The van der Waals surface area contributed by atoms with Crippen molar-refractivity contribution in [2.45, 2.75) is 32.6 Å². The van der Waals surface area contributed by atoms with Crippen LogP contribution in [-0.4, -0.2) is 23.8 Å². The lowest BCUT2D eigenvalue weighted by Gasteiger charge is -2.27. The van der Waals surface area contributed by atoms with Gasteiger partial charge < -0.3 is 4.90 Å². The van der Waals surface area contributed by atoms with Gasteiger partial charge in [-0.05, 0) is 26.2 Å². The maximum Gasteiger partial charge on any atom is 0.164 e. The van der Waals surface area contributed by atoms with Crippen LogP contribution in [0.5, 0.6) is 0 Å². The van der Waals surface area contributed by atoms with Crippen molar-refractivity contribution in [3.05, 3.63) is 23.9 Å². The zero-order chi connectivity index (χ0) is 13.1. The van der Waals surface area contributed by atoms with Crippen molar-refractivity contribution in [3.8, 4) is 12.3 Å². The molecule has 1 aliphatic heterocycles. The monoisotopic (exact) mass is 243 g/mol. The molecule has 2 atom stereocenters. The summed E-state index contributed by atoms with van der Waals surface area (Å²) < 4.78 is 0. The number of rotatable bonds is 4. The molecule has 1 heterocycles. The van der Waals surface area contributed by atoms with Gasteiger partial charge in [0, 0.05) is 42.6 Å². The Kier molecular flexibility index (Phi) is 3.91. The molecule has 0 aromatic rings. The highest BCUT2D eigenvalue weighted by Gasteiger charge is 2.41. The first-order valence-corrected chi connectivity index (χ1v) is 6.75. The minimum atomic E-state index is 0.0224. The Morgan fingerprint density at radius 2 is 2.11 bits per heavy atom. The smallest absolute Gasteiger partial charge is 0.164 e. The van der Waals surface area contributed by atoms with E-state index in [1.165, 1.54) is 18.5 Å². The lowest BCUT2D eigenvalue weighted by atomic mass is 9.87. The van der Waals surface area contributed by atoms with Crippen molar-refractivity contribution >= 4 is 5.78 Å². The second-order valence-electron chi connectivity index (χ2n) is 5.21. The first-order valence-electron chi connectivity index (χ1n) is 6.75. The molecule has 0 radical (unpaired) electrons. The molecule has 0 aromatic heterocycles. The molecule has 1 fully saturated rings. The first-order chi connectivity index (χ1) is 8.70. The zero-order valence-electron chi connectivity index (χ0n) is 11.1. The summed E-state index contributed by atoms with van der Waals surface area (Å²) >= 11 is 0. The molecule has 2 nitrogen and oxygen atoms in total. The molecule has 2 rings (SSSR count). The molecule has 0 amide bonds. The van der Waals surface area contributed by atoms with E-state index in [0.29, 0.717) is 6.42 Å². The average Bonchev–Trinajstić information content (AvgIpc) is 2.94. The van der Waals surface area contributed by atoms with Crippen molar-refractivity contribution in [2.24, 2.45) is 11.8 Å². The predicted molar refractivity (Wildman–Crippen MR) is 73.8 cm³/mol. The van der Waals surface area contributed by atoms with Gasteiger partial charge >= 0.3 is 0 Å². The van der Waals surface area contributed by atoms with Gasteiger partial charge in [-0.2, -0.15) is 0 Å². The van der Waals surface area contributed by atoms with Crippen LogP contribution >= 0.6 is 0 Å². The van der Waals surface area contributed by atoms with Gasteiger partial charge in [-0.25, -0.2) is 0 Å². The molecule has 0 spiro atoms. The summed E-state index contributed by atoms with van der Waals surface area (Å²) in [5.74, 6) is 3.25. The van der Waals surface area contributed by atoms with E-state index in [4.69, 9.17) is 6.42 Å². The number of carbonyl (C=O) groups excluding carboxylic acids is 1. The molecule has 0 bridgehead atoms. The summed E-state index contributed by atoms with van der Waals surface area (Å²) in [4.78, 5) is 14.7. The third-order valence-corrected chi connectivity index (χ3v) is 4.13. The summed E-state index contributed by atoms with van der Waals surface area (Å²) in [6.07, 6.45) is 11.2. The van der Waals surface area contributed by atoms with Crippen molar-refractivity contribution in [3.63, 3.8) is 0 Å². The number of carbonyl (C=O) groups is 1. The van der Waals surface area contributed by atoms with Gasteiger partial charge in [0.2, 0.25) is 0 Å². The van der Waals surface area contributed by atoms with E-state index in [2.05, 4.69) is 17.4 Å². The number of terminal acetylenes is 1. The summed E-state index contributed by atoms with van der Waals surface area (Å²) in [5.41, 5.74) is 2.16. The van der Waals surface area contributed by atoms with E-state index in [0.717, 1.165) is 25.1 Å². The zero-order valence-corrected chi connectivity index (χ0v) is 11.1. The standard InChI is InChI=1S/C16H21NO/c1-4-8-13-14(9-5-2)16(18)12(3)15(13)17-10-6-7-11-17/h1,5,13-14H,2,6-11H2,3H3. The Balaban J connectivity index is 2.30. The molecule has 0 saturated carbocycles. The fourth-order valence-corrected chi connectivity index (χ4v) is 3.30. The minimum absolute atomic E-state index is 0.0224. The molecule has 96 valence electrons.